The van der Waals surface area contributed by atoms with Crippen molar-refractivity contribution in [2.75, 3.05) is 0 Å². The van der Waals surface area contributed by atoms with Crippen LogP contribution in [0.1, 0.15) is 0 Å². The lowest BCUT2D eigenvalue weighted by Gasteiger charge is -2.11. The van der Waals surface area contributed by atoms with Gasteiger partial charge in [0.25, 0.3) is 0 Å². The van der Waals surface area contributed by atoms with Gasteiger partial charge in [-0.1, -0.05) is 115 Å². The topological polar surface area (TPSA) is 27.9 Å². The van der Waals surface area contributed by atoms with Gasteiger partial charge in [-0.05, 0) is 96.1 Å². The highest BCUT2D eigenvalue weighted by atomic mass is 16.3. The number of rotatable bonds is 4. The van der Waals surface area contributed by atoms with Crippen LogP contribution in [0, 0.1) is 0 Å². The molecular weight excluding hydrogens is 707 g/mol. The molecule has 0 N–H and O–H groups in total. The predicted molar refractivity (Wildman–Crippen MR) is 242 cm³/mol. The summed E-state index contributed by atoms with van der Waals surface area (Å²) in [4.78, 5) is 0. The molecule has 0 spiro atoms. The van der Waals surface area contributed by atoms with Gasteiger partial charge in [0, 0.05) is 60.2 Å². The van der Waals surface area contributed by atoms with Crippen molar-refractivity contribution in [2.45, 2.75) is 0 Å². The minimum absolute atomic E-state index is 0.876. The van der Waals surface area contributed by atoms with E-state index in [-0.39, 0.29) is 0 Å². The highest BCUT2D eigenvalue weighted by Crippen LogP contribution is 2.44. The van der Waals surface area contributed by atoms with E-state index >= 15 is 0 Å². The van der Waals surface area contributed by atoms with Gasteiger partial charge in [0.05, 0.1) is 33.1 Å². The van der Waals surface area contributed by atoms with Gasteiger partial charge in [-0.3, -0.25) is 0 Å². The van der Waals surface area contributed by atoms with Crippen molar-refractivity contribution >= 4 is 87.4 Å². The number of para-hydroxylation sites is 5. The lowest BCUT2D eigenvalue weighted by Crippen LogP contribution is -1.94. The Morgan fingerprint density at radius 1 is 0.259 bits per heavy atom. The van der Waals surface area contributed by atoms with Crippen molar-refractivity contribution in [3.63, 3.8) is 0 Å². The zero-order chi connectivity index (χ0) is 37.9. The van der Waals surface area contributed by atoms with E-state index in [1.165, 1.54) is 76.5 Å². The zero-order valence-electron chi connectivity index (χ0n) is 31.3. The first-order valence-corrected chi connectivity index (χ1v) is 19.9. The minimum atomic E-state index is 0.876. The smallest absolute Gasteiger partial charge is 0.135 e. The zero-order valence-corrected chi connectivity index (χ0v) is 31.3. The second kappa shape index (κ2) is 11.8. The number of furan rings is 1. The van der Waals surface area contributed by atoms with Crippen molar-refractivity contribution in [1.82, 2.24) is 13.7 Å². The Morgan fingerprint density at radius 3 is 1.14 bits per heavy atom. The molecule has 0 unspecified atom stereocenters. The van der Waals surface area contributed by atoms with Crippen molar-refractivity contribution in [2.24, 2.45) is 0 Å². The van der Waals surface area contributed by atoms with Crippen LogP contribution in [0.5, 0.6) is 0 Å². The van der Waals surface area contributed by atoms with Crippen molar-refractivity contribution < 1.29 is 4.42 Å². The van der Waals surface area contributed by atoms with Crippen LogP contribution in [0.2, 0.25) is 0 Å². The SMILES string of the molecule is c1ccc(-n2c3ccccc3c3c(-c4cccc5c4c4ccccc4n5-c4ccc5oc6ccc(-n7c8ccccc8c8ccccc87)cc6c5c4)cccc32)cc1. The summed E-state index contributed by atoms with van der Waals surface area (Å²) in [5, 5.41) is 9.67. The molecule has 0 aliphatic heterocycles. The highest BCUT2D eigenvalue weighted by Gasteiger charge is 2.21. The van der Waals surface area contributed by atoms with Gasteiger partial charge >= 0.3 is 0 Å². The maximum absolute atomic E-state index is 6.51. The third-order valence-corrected chi connectivity index (χ3v) is 12.2. The second-order valence-electron chi connectivity index (χ2n) is 15.3. The molecule has 0 saturated carbocycles. The van der Waals surface area contributed by atoms with E-state index in [1.807, 2.05) is 0 Å². The molecule has 4 heteroatoms. The molecule has 0 saturated heterocycles. The Kier molecular flexibility index (Phi) is 6.41. The first kappa shape index (κ1) is 31.4. The van der Waals surface area contributed by atoms with Crippen LogP contribution >= 0.6 is 0 Å². The normalized spacial score (nSPS) is 12.1. The van der Waals surface area contributed by atoms with Crippen LogP contribution in [-0.4, -0.2) is 13.7 Å². The minimum Gasteiger partial charge on any atom is -0.456 e. The van der Waals surface area contributed by atoms with E-state index in [4.69, 9.17) is 4.42 Å². The van der Waals surface area contributed by atoms with E-state index in [0.29, 0.717) is 0 Å². The van der Waals surface area contributed by atoms with E-state index in [1.54, 1.807) is 0 Å². The van der Waals surface area contributed by atoms with Gasteiger partial charge in [0.15, 0.2) is 0 Å². The summed E-state index contributed by atoms with van der Waals surface area (Å²) in [7, 11) is 0. The molecule has 4 heterocycles. The summed E-state index contributed by atoms with van der Waals surface area (Å²) < 4.78 is 13.7. The molecule has 0 aliphatic rings. The van der Waals surface area contributed by atoms with Gasteiger partial charge in [0.2, 0.25) is 0 Å². The number of aromatic nitrogens is 3. The largest absolute Gasteiger partial charge is 0.456 e. The second-order valence-corrected chi connectivity index (χ2v) is 15.3. The van der Waals surface area contributed by atoms with Crippen molar-refractivity contribution in [3.8, 4) is 28.2 Å². The first-order valence-electron chi connectivity index (χ1n) is 19.9. The first-order chi connectivity index (χ1) is 28.8. The number of benzene rings is 9. The lowest BCUT2D eigenvalue weighted by atomic mass is 9.95. The van der Waals surface area contributed by atoms with E-state index in [0.717, 1.165) is 39.0 Å². The molecule has 58 heavy (non-hydrogen) atoms. The summed E-state index contributed by atoms with van der Waals surface area (Å²) in [5.74, 6) is 0. The molecule has 0 aliphatic carbocycles. The summed E-state index contributed by atoms with van der Waals surface area (Å²) in [5.41, 5.74) is 14.7. The Labute approximate surface area is 332 Å². The molecule has 4 aromatic heterocycles. The molecule has 0 amide bonds. The van der Waals surface area contributed by atoms with Crippen LogP contribution in [-0.2, 0) is 0 Å². The highest BCUT2D eigenvalue weighted by molar-refractivity contribution is 6.22. The Hall–Kier alpha value is -7.82. The van der Waals surface area contributed by atoms with Gasteiger partial charge in [-0.15, -0.1) is 0 Å². The molecular formula is C54H33N3O. The Balaban J connectivity index is 1.04. The molecule has 9 aromatic carbocycles. The monoisotopic (exact) mass is 739 g/mol. The lowest BCUT2D eigenvalue weighted by molar-refractivity contribution is 0.669. The molecule has 13 rings (SSSR count). The molecule has 13 aromatic rings. The van der Waals surface area contributed by atoms with Crippen molar-refractivity contribution in [3.05, 3.63) is 200 Å². The van der Waals surface area contributed by atoms with Crippen LogP contribution < -0.4 is 0 Å². The number of fused-ring (bicyclic) bond motifs is 12. The van der Waals surface area contributed by atoms with E-state index < -0.39 is 0 Å². The molecule has 0 fully saturated rings. The fourth-order valence-corrected chi connectivity index (χ4v) is 9.85. The fourth-order valence-electron chi connectivity index (χ4n) is 9.85. The maximum Gasteiger partial charge on any atom is 0.135 e. The molecule has 0 bridgehead atoms. The summed E-state index contributed by atoms with van der Waals surface area (Å²) in [6.07, 6.45) is 0. The molecule has 270 valence electrons. The summed E-state index contributed by atoms with van der Waals surface area (Å²) in [6, 6.07) is 72.4. The quantitative estimate of drug-likeness (QED) is 0.177. The van der Waals surface area contributed by atoms with Gasteiger partial charge < -0.3 is 18.1 Å². The number of nitrogens with zero attached hydrogens (tertiary/aromatic N) is 3. The fraction of sp³-hybridized carbons (Fsp3) is 0. The number of hydrogen-bond donors (Lipinski definition) is 0. The third kappa shape index (κ3) is 4.29. The molecule has 0 radical (unpaired) electrons. The van der Waals surface area contributed by atoms with Gasteiger partial charge in [-0.2, -0.15) is 0 Å². The molecule has 0 atom stereocenters. The predicted octanol–water partition coefficient (Wildman–Crippen LogP) is 14.5. The average Bonchev–Trinajstić information content (AvgIpc) is 4.02. The Morgan fingerprint density at radius 2 is 0.638 bits per heavy atom. The van der Waals surface area contributed by atoms with Gasteiger partial charge in [-0.25, -0.2) is 0 Å². The average molecular weight is 740 g/mol. The summed E-state index contributed by atoms with van der Waals surface area (Å²) >= 11 is 0. The number of hydrogen-bond acceptors (Lipinski definition) is 1. The van der Waals surface area contributed by atoms with Gasteiger partial charge in [0.1, 0.15) is 11.2 Å². The van der Waals surface area contributed by atoms with E-state index in [9.17, 15) is 0 Å². The van der Waals surface area contributed by atoms with Crippen LogP contribution in [0.15, 0.2) is 205 Å². The Bertz CT molecular complexity index is 3750. The maximum atomic E-state index is 6.51. The summed E-state index contributed by atoms with van der Waals surface area (Å²) in [6.45, 7) is 0. The standard InChI is InChI=1S/C54H33N3O/c1-2-14-34(15-3-1)55-47-24-10-6-18-41(47)53-39(20-12-26-49(53)55)40-21-13-27-50-54(40)42-19-7-11-25-48(42)57(50)36-29-31-52-44(33-36)43-32-35(28-30-51(43)58-52)56-45-22-8-4-16-37(45)38-17-5-9-23-46(38)56/h1-33H. The van der Waals surface area contributed by atoms with Crippen LogP contribution in [0.4, 0.5) is 0 Å². The third-order valence-electron chi connectivity index (χ3n) is 12.2. The van der Waals surface area contributed by atoms with Crippen LogP contribution in [0.3, 0.4) is 0 Å². The van der Waals surface area contributed by atoms with Crippen LogP contribution in [0.25, 0.3) is 116 Å². The van der Waals surface area contributed by atoms with Crippen molar-refractivity contribution in [1.29, 1.82) is 0 Å². The van der Waals surface area contributed by atoms with E-state index in [2.05, 4.69) is 214 Å². The molecule has 4 nitrogen and oxygen atoms in total.